The summed E-state index contributed by atoms with van der Waals surface area (Å²) in [4.78, 5) is 16.6. The highest BCUT2D eigenvalue weighted by atomic mass is 35.5. The third-order valence-corrected chi connectivity index (χ3v) is 4.58. The SMILES string of the molecule is CC(C)(C)c1nc(CNC2CC(NC(=O)c3cc(F)cc(Cl)c3)C2)co1. The molecule has 0 saturated heterocycles. The van der Waals surface area contributed by atoms with E-state index in [1.54, 1.807) is 6.26 Å². The summed E-state index contributed by atoms with van der Waals surface area (Å²) >= 11 is 5.79. The number of hydrogen-bond acceptors (Lipinski definition) is 4. The molecule has 140 valence electrons. The van der Waals surface area contributed by atoms with Gasteiger partial charge in [-0.3, -0.25) is 4.79 Å². The van der Waals surface area contributed by atoms with Crippen LogP contribution < -0.4 is 10.6 Å². The van der Waals surface area contributed by atoms with Crippen molar-refractivity contribution in [3.8, 4) is 0 Å². The highest BCUT2D eigenvalue weighted by molar-refractivity contribution is 6.31. The molecule has 0 spiro atoms. The van der Waals surface area contributed by atoms with Crippen LogP contribution in [0.15, 0.2) is 28.9 Å². The van der Waals surface area contributed by atoms with Crippen molar-refractivity contribution in [2.24, 2.45) is 0 Å². The van der Waals surface area contributed by atoms with E-state index in [2.05, 4.69) is 36.4 Å². The number of nitrogens with one attached hydrogen (secondary N) is 2. The lowest BCUT2D eigenvalue weighted by molar-refractivity contribution is 0.0901. The minimum Gasteiger partial charge on any atom is -0.448 e. The monoisotopic (exact) mass is 379 g/mol. The van der Waals surface area contributed by atoms with E-state index in [9.17, 15) is 9.18 Å². The molecule has 1 aromatic heterocycles. The third-order valence-electron chi connectivity index (χ3n) is 4.36. The van der Waals surface area contributed by atoms with Crippen LogP contribution in [-0.2, 0) is 12.0 Å². The van der Waals surface area contributed by atoms with Crippen LogP contribution >= 0.6 is 11.6 Å². The minimum atomic E-state index is -0.516. The second-order valence-electron chi connectivity index (χ2n) is 7.77. The molecule has 3 rings (SSSR count). The predicted octanol–water partition coefficient (Wildman–Crippen LogP) is 3.82. The lowest BCUT2D eigenvalue weighted by Crippen LogP contribution is -2.52. The molecule has 2 aromatic rings. The van der Waals surface area contributed by atoms with E-state index >= 15 is 0 Å². The first-order chi connectivity index (χ1) is 12.2. The summed E-state index contributed by atoms with van der Waals surface area (Å²) in [7, 11) is 0. The molecule has 1 aliphatic carbocycles. The Hall–Kier alpha value is -1.92. The first kappa shape index (κ1) is 18.9. The molecule has 0 aliphatic heterocycles. The molecule has 1 heterocycles. The van der Waals surface area contributed by atoms with Crippen LogP contribution in [0, 0.1) is 5.82 Å². The predicted molar refractivity (Wildman–Crippen MR) is 97.7 cm³/mol. The first-order valence-electron chi connectivity index (χ1n) is 8.66. The highest BCUT2D eigenvalue weighted by Gasteiger charge is 2.30. The molecule has 0 unspecified atom stereocenters. The zero-order valence-electron chi connectivity index (χ0n) is 15.1. The Balaban J connectivity index is 1.43. The Bertz CT molecular complexity index is 774. The molecule has 1 amide bonds. The van der Waals surface area contributed by atoms with Crippen molar-refractivity contribution in [1.82, 2.24) is 15.6 Å². The summed E-state index contributed by atoms with van der Waals surface area (Å²) in [6, 6.07) is 4.21. The maximum atomic E-state index is 13.3. The zero-order chi connectivity index (χ0) is 18.9. The van der Waals surface area contributed by atoms with E-state index < -0.39 is 5.82 Å². The number of nitrogens with zero attached hydrogens (tertiary/aromatic N) is 1. The lowest BCUT2D eigenvalue weighted by atomic mass is 9.86. The molecule has 1 aliphatic rings. The average molecular weight is 380 g/mol. The minimum absolute atomic E-state index is 0.0736. The van der Waals surface area contributed by atoms with Gasteiger partial charge in [-0.2, -0.15) is 0 Å². The smallest absolute Gasteiger partial charge is 0.251 e. The summed E-state index contributed by atoms with van der Waals surface area (Å²) in [5.41, 5.74) is 1.00. The fraction of sp³-hybridized carbons (Fsp3) is 0.474. The number of carbonyl (C=O) groups excluding carboxylic acids is 1. The van der Waals surface area contributed by atoms with Gasteiger partial charge in [-0.1, -0.05) is 32.4 Å². The normalized spacial score (nSPS) is 19.9. The van der Waals surface area contributed by atoms with Gasteiger partial charge < -0.3 is 15.1 Å². The molecule has 1 aromatic carbocycles. The van der Waals surface area contributed by atoms with E-state index in [4.69, 9.17) is 16.0 Å². The van der Waals surface area contributed by atoms with Crippen LogP contribution in [0.2, 0.25) is 5.02 Å². The average Bonchev–Trinajstić information content (AvgIpc) is 2.97. The molecule has 26 heavy (non-hydrogen) atoms. The number of rotatable bonds is 5. The van der Waals surface area contributed by atoms with Crippen LogP contribution in [0.3, 0.4) is 0 Å². The Morgan fingerprint density at radius 2 is 2.04 bits per heavy atom. The van der Waals surface area contributed by atoms with E-state index in [1.165, 1.54) is 18.2 Å². The van der Waals surface area contributed by atoms with Crippen molar-refractivity contribution >= 4 is 17.5 Å². The van der Waals surface area contributed by atoms with Gasteiger partial charge in [0.15, 0.2) is 5.89 Å². The van der Waals surface area contributed by atoms with Crippen LogP contribution in [-0.4, -0.2) is 23.0 Å². The molecular formula is C19H23ClFN3O2. The van der Waals surface area contributed by atoms with Crippen LogP contribution in [0.4, 0.5) is 4.39 Å². The summed E-state index contributed by atoms with van der Waals surface area (Å²) in [5.74, 6) is -0.0963. The van der Waals surface area contributed by atoms with Crippen molar-refractivity contribution in [1.29, 1.82) is 0 Å². The van der Waals surface area contributed by atoms with Gasteiger partial charge >= 0.3 is 0 Å². The van der Waals surface area contributed by atoms with Gasteiger partial charge in [0, 0.05) is 34.6 Å². The molecule has 0 bridgehead atoms. The van der Waals surface area contributed by atoms with E-state index in [0.29, 0.717) is 12.6 Å². The zero-order valence-corrected chi connectivity index (χ0v) is 15.9. The molecule has 1 fully saturated rings. The second kappa shape index (κ2) is 7.37. The Kier molecular flexibility index (Phi) is 5.34. The summed E-state index contributed by atoms with van der Waals surface area (Å²) in [6.07, 6.45) is 3.32. The number of oxazole rings is 1. The van der Waals surface area contributed by atoms with Crippen molar-refractivity contribution in [2.45, 2.75) is 57.7 Å². The number of hydrogen-bond donors (Lipinski definition) is 2. The van der Waals surface area contributed by atoms with E-state index in [1.807, 2.05) is 0 Å². The van der Waals surface area contributed by atoms with Crippen molar-refractivity contribution in [3.05, 3.63) is 52.5 Å². The topological polar surface area (TPSA) is 67.2 Å². The highest BCUT2D eigenvalue weighted by Crippen LogP contribution is 2.23. The summed E-state index contributed by atoms with van der Waals surface area (Å²) in [6.45, 7) is 6.80. The molecule has 2 N–H and O–H groups in total. The molecule has 1 saturated carbocycles. The summed E-state index contributed by atoms with van der Waals surface area (Å²) < 4.78 is 18.8. The van der Waals surface area contributed by atoms with Crippen molar-refractivity contribution in [3.63, 3.8) is 0 Å². The maximum Gasteiger partial charge on any atom is 0.251 e. The van der Waals surface area contributed by atoms with Gasteiger partial charge in [0.05, 0.1) is 5.69 Å². The van der Waals surface area contributed by atoms with Crippen LogP contribution in [0.25, 0.3) is 0 Å². The van der Waals surface area contributed by atoms with Gasteiger partial charge in [-0.15, -0.1) is 0 Å². The molecular weight excluding hydrogens is 357 g/mol. The number of carbonyl (C=O) groups is 1. The molecule has 0 radical (unpaired) electrons. The van der Waals surface area contributed by atoms with E-state index in [0.717, 1.165) is 24.4 Å². The maximum absolute atomic E-state index is 13.3. The number of amides is 1. The number of aromatic nitrogens is 1. The van der Waals surface area contributed by atoms with Crippen LogP contribution in [0.1, 0.15) is 55.6 Å². The Labute approximate surface area is 157 Å². The molecule has 5 nitrogen and oxygen atoms in total. The fourth-order valence-electron chi connectivity index (χ4n) is 2.84. The van der Waals surface area contributed by atoms with Gasteiger partial charge in [0.25, 0.3) is 5.91 Å². The molecule has 0 atom stereocenters. The van der Waals surface area contributed by atoms with Gasteiger partial charge in [0.1, 0.15) is 12.1 Å². The standard InChI is InChI=1S/C19H23ClFN3O2/c1-19(2,3)18-24-16(10-26-18)9-22-14-7-15(8-14)23-17(25)11-4-12(20)6-13(21)5-11/h4-6,10,14-15,22H,7-9H2,1-3H3,(H,23,25). The quantitative estimate of drug-likeness (QED) is 0.828. The Morgan fingerprint density at radius 3 is 2.65 bits per heavy atom. The first-order valence-corrected chi connectivity index (χ1v) is 9.04. The van der Waals surface area contributed by atoms with E-state index in [-0.39, 0.29) is 28.0 Å². The number of halogens is 2. The third kappa shape index (κ3) is 4.62. The van der Waals surface area contributed by atoms with Gasteiger partial charge in [0.2, 0.25) is 0 Å². The van der Waals surface area contributed by atoms with Crippen molar-refractivity contribution < 1.29 is 13.6 Å². The number of benzene rings is 1. The van der Waals surface area contributed by atoms with Crippen LogP contribution in [0.5, 0.6) is 0 Å². The van der Waals surface area contributed by atoms with Gasteiger partial charge in [-0.05, 0) is 31.0 Å². The largest absolute Gasteiger partial charge is 0.448 e. The fourth-order valence-corrected chi connectivity index (χ4v) is 3.06. The van der Waals surface area contributed by atoms with Crippen molar-refractivity contribution in [2.75, 3.05) is 0 Å². The lowest BCUT2D eigenvalue weighted by Gasteiger charge is -2.36. The Morgan fingerprint density at radius 1 is 1.31 bits per heavy atom. The summed E-state index contributed by atoms with van der Waals surface area (Å²) in [5, 5.41) is 6.52. The molecule has 7 heteroatoms. The van der Waals surface area contributed by atoms with Gasteiger partial charge in [-0.25, -0.2) is 9.37 Å². The second-order valence-corrected chi connectivity index (χ2v) is 8.21.